The second kappa shape index (κ2) is 10.1. The van der Waals surface area contributed by atoms with E-state index in [1.54, 1.807) is 6.07 Å². The van der Waals surface area contributed by atoms with Crippen molar-refractivity contribution in [3.8, 4) is 0 Å². The molecule has 1 heterocycles. The van der Waals surface area contributed by atoms with Crippen LogP contribution in [0.15, 0.2) is 24.3 Å². The molecule has 1 saturated heterocycles. The maximum atomic E-state index is 12.1. The highest BCUT2D eigenvalue weighted by atomic mass is 16.5. The molecule has 3 N–H and O–H groups in total. The van der Waals surface area contributed by atoms with Crippen molar-refractivity contribution in [2.75, 3.05) is 46.9 Å². The van der Waals surface area contributed by atoms with Crippen LogP contribution in [0.5, 0.6) is 0 Å². The molecule has 0 spiro atoms. The lowest BCUT2D eigenvalue weighted by atomic mass is 10.1. The van der Waals surface area contributed by atoms with Gasteiger partial charge in [0.15, 0.2) is 0 Å². The third kappa shape index (κ3) is 7.21. The molecule has 2 rings (SSSR count). The molecule has 1 atom stereocenters. The van der Waals surface area contributed by atoms with E-state index < -0.39 is 0 Å². The third-order valence-corrected chi connectivity index (χ3v) is 3.95. The number of nitrogens with one attached hydrogen (secondary N) is 3. The lowest BCUT2D eigenvalue weighted by Crippen LogP contribution is -2.44. The Kier molecular flexibility index (Phi) is 7.84. The number of rotatable bonds is 8. The standard InChI is InChI=1S/C18H28N4O3/c1-22(2)8-6-20-18(24)15-5-3-4-14(10-15)12-21-17(23)11-16-13-25-9-7-19-16/h3-5,10,16,19H,6-9,11-13H2,1-2H3,(H,20,24)(H,21,23). The number of carbonyl (C=O) groups is 2. The second-order valence-electron chi connectivity index (χ2n) is 6.47. The summed E-state index contributed by atoms with van der Waals surface area (Å²) in [5.74, 6) is -0.123. The van der Waals surface area contributed by atoms with Gasteiger partial charge in [-0.3, -0.25) is 9.59 Å². The molecular weight excluding hydrogens is 320 g/mol. The summed E-state index contributed by atoms with van der Waals surface area (Å²) in [4.78, 5) is 26.2. The van der Waals surface area contributed by atoms with Gasteiger partial charge in [-0.1, -0.05) is 12.1 Å². The van der Waals surface area contributed by atoms with Gasteiger partial charge in [0.2, 0.25) is 5.91 Å². The van der Waals surface area contributed by atoms with Crippen LogP contribution >= 0.6 is 0 Å². The molecular formula is C18H28N4O3. The summed E-state index contributed by atoms with van der Waals surface area (Å²) >= 11 is 0. The number of hydrogen-bond donors (Lipinski definition) is 3. The van der Waals surface area contributed by atoms with Gasteiger partial charge in [-0.15, -0.1) is 0 Å². The molecule has 0 bridgehead atoms. The summed E-state index contributed by atoms with van der Waals surface area (Å²) in [5, 5.41) is 9.04. The van der Waals surface area contributed by atoms with Crippen molar-refractivity contribution < 1.29 is 14.3 Å². The highest BCUT2D eigenvalue weighted by Crippen LogP contribution is 2.06. The van der Waals surface area contributed by atoms with E-state index in [1.807, 2.05) is 37.2 Å². The predicted molar refractivity (Wildman–Crippen MR) is 96.4 cm³/mol. The Morgan fingerprint density at radius 1 is 1.32 bits per heavy atom. The van der Waals surface area contributed by atoms with Gasteiger partial charge in [-0.05, 0) is 31.8 Å². The van der Waals surface area contributed by atoms with Gasteiger partial charge in [0.05, 0.1) is 13.2 Å². The lowest BCUT2D eigenvalue weighted by molar-refractivity contribution is -0.122. The van der Waals surface area contributed by atoms with Crippen LogP contribution in [0.2, 0.25) is 0 Å². The molecule has 138 valence electrons. The summed E-state index contributed by atoms with van der Waals surface area (Å²) in [5.41, 5.74) is 1.51. The quantitative estimate of drug-likeness (QED) is 0.615. The number of amides is 2. The Hall–Kier alpha value is -1.96. The van der Waals surface area contributed by atoms with E-state index in [1.165, 1.54) is 0 Å². The van der Waals surface area contributed by atoms with Gasteiger partial charge >= 0.3 is 0 Å². The van der Waals surface area contributed by atoms with Crippen molar-refractivity contribution >= 4 is 11.8 Å². The van der Waals surface area contributed by atoms with Crippen LogP contribution in [0, 0.1) is 0 Å². The van der Waals surface area contributed by atoms with Crippen LogP contribution in [0.25, 0.3) is 0 Å². The topological polar surface area (TPSA) is 82.7 Å². The fraction of sp³-hybridized carbons (Fsp3) is 0.556. The summed E-state index contributed by atoms with van der Waals surface area (Å²) in [6, 6.07) is 7.40. The molecule has 0 radical (unpaired) electrons. The van der Waals surface area contributed by atoms with E-state index in [0.717, 1.165) is 18.7 Å². The molecule has 1 aliphatic heterocycles. The number of benzene rings is 1. The van der Waals surface area contributed by atoms with Crippen molar-refractivity contribution in [3.63, 3.8) is 0 Å². The number of likely N-dealkylation sites (N-methyl/N-ethyl adjacent to an activating group) is 1. The molecule has 25 heavy (non-hydrogen) atoms. The van der Waals surface area contributed by atoms with Gasteiger partial charge in [0, 0.05) is 44.2 Å². The number of nitrogens with zero attached hydrogens (tertiary/aromatic N) is 1. The minimum Gasteiger partial charge on any atom is -0.378 e. The van der Waals surface area contributed by atoms with Crippen LogP contribution < -0.4 is 16.0 Å². The Labute approximate surface area is 149 Å². The highest BCUT2D eigenvalue weighted by molar-refractivity contribution is 5.94. The fourth-order valence-electron chi connectivity index (χ4n) is 2.57. The Bertz CT molecular complexity index is 571. The number of ether oxygens (including phenoxy) is 1. The molecule has 1 aromatic carbocycles. The van der Waals surface area contributed by atoms with Crippen LogP contribution in [-0.2, 0) is 16.1 Å². The molecule has 0 aliphatic carbocycles. The second-order valence-corrected chi connectivity index (χ2v) is 6.47. The van der Waals surface area contributed by atoms with Crippen molar-refractivity contribution in [2.45, 2.75) is 19.0 Å². The smallest absolute Gasteiger partial charge is 0.251 e. The van der Waals surface area contributed by atoms with Crippen LogP contribution in [-0.4, -0.2) is 69.7 Å². The Morgan fingerprint density at radius 2 is 2.16 bits per heavy atom. The van der Waals surface area contributed by atoms with Crippen molar-refractivity contribution in [1.29, 1.82) is 0 Å². The largest absolute Gasteiger partial charge is 0.378 e. The highest BCUT2D eigenvalue weighted by Gasteiger charge is 2.16. The van der Waals surface area contributed by atoms with E-state index in [-0.39, 0.29) is 17.9 Å². The SMILES string of the molecule is CN(C)CCNC(=O)c1cccc(CNC(=O)CC2COCCN2)c1. The molecule has 7 heteroatoms. The minimum absolute atomic E-state index is 0.0242. The minimum atomic E-state index is -0.0985. The lowest BCUT2D eigenvalue weighted by Gasteiger charge is -2.23. The first-order chi connectivity index (χ1) is 12.0. The zero-order valence-electron chi connectivity index (χ0n) is 15.0. The van der Waals surface area contributed by atoms with E-state index in [0.29, 0.717) is 38.3 Å². The monoisotopic (exact) mass is 348 g/mol. The maximum Gasteiger partial charge on any atom is 0.251 e. The third-order valence-electron chi connectivity index (χ3n) is 3.95. The first-order valence-corrected chi connectivity index (χ1v) is 8.64. The van der Waals surface area contributed by atoms with Gasteiger partial charge < -0.3 is 25.6 Å². The molecule has 1 aliphatic rings. The van der Waals surface area contributed by atoms with Crippen LogP contribution in [0.4, 0.5) is 0 Å². The molecule has 7 nitrogen and oxygen atoms in total. The average Bonchev–Trinajstić information content (AvgIpc) is 2.61. The van der Waals surface area contributed by atoms with Crippen LogP contribution in [0.3, 0.4) is 0 Å². The molecule has 0 saturated carbocycles. The van der Waals surface area contributed by atoms with Gasteiger partial charge in [0.25, 0.3) is 5.91 Å². The summed E-state index contributed by atoms with van der Waals surface area (Å²) in [7, 11) is 3.93. The Balaban J connectivity index is 1.78. The first kappa shape index (κ1) is 19.4. The number of hydrogen-bond acceptors (Lipinski definition) is 5. The number of morpholine rings is 1. The van der Waals surface area contributed by atoms with Crippen LogP contribution in [0.1, 0.15) is 22.3 Å². The average molecular weight is 348 g/mol. The molecule has 1 fully saturated rings. The van der Waals surface area contributed by atoms with Gasteiger partial charge in [-0.2, -0.15) is 0 Å². The van der Waals surface area contributed by atoms with Crippen molar-refractivity contribution in [3.05, 3.63) is 35.4 Å². The first-order valence-electron chi connectivity index (χ1n) is 8.64. The van der Waals surface area contributed by atoms with E-state index >= 15 is 0 Å². The van der Waals surface area contributed by atoms with Crippen molar-refractivity contribution in [2.24, 2.45) is 0 Å². The van der Waals surface area contributed by atoms with Gasteiger partial charge in [0.1, 0.15) is 0 Å². The zero-order valence-corrected chi connectivity index (χ0v) is 15.0. The molecule has 2 amide bonds. The van der Waals surface area contributed by atoms with E-state index in [4.69, 9.17) is 4.74 Å². The predicted octanol–water partition coefficient (Wildman–Crippen LogP) is -0.0273. The summed E-state index contributed by atoms with van der Waals surface area (Å²) in [6.45, 7) is 3.84. The van der Waals surface area contributed by atoms with E-state index in [9.17, 15) is 9.59 Å². The molecule has 1 unspecified atom stereocenters. The molecule has 1 aromatic rings. The molecule has 0 aromatic heterocycles. The fourth-order valence-corrected chi connectivity index (χ4v) is 2.57. The summed E-state index contributed by atoms with van der Waals surface area (Å²) in [6.07, 6.45) is 0.394. The van der Waals surface area contributed by atoms with Gasteiger partial charge in [-0.25, -0.2) is 0 Å². The normalized spacial score (nSPS) is 17.3. The maximum absolute atomic E-state index is 12.1. The summed E-state index contributed by atoms with van der Waals surface area (Å²) < 4.78 is 5.34. The van der Waals surface area contributed by atoms with Crippen molar-refractivity contribution in [1.82, 2.24) is 20.9 Å². The Morgan fingerprint density at radius 3 is 2.88 bits per heavy atom. The number of carbonyl (C=O) groups excluding carboxylic acids is 2. The van der Waals surface area contributed by atoms with E-state index in [2.05, 4.69) is 16.0 Å². The zero-order chi connectivity index (χ0) is 18.1.